The number of nitro benzene ring substituents is 1. The number of amides is 1. The van der Waals surface area contributed by atoms with Crippen LogP contribution in [0.25, 0.3) is 10.2 Å². The van der Waals surface area contributed by atoms with E-state index >= 15 is 0 Å². The molecule has 0 N–H and O–H groups in total. The Morgan fingerprint density at radius 3 is 2.85 bits per heavy atom. The quantitative estimate of drug-likeness (QED) is 0.366. The SMILES string of the molecule is C=CCn1c(=NC(=O)c2cccc([N+](=O)[O-])c2)sc2cccc(OCC)c21. The maximum Gasteiger partial charge on any atom is 0.279 e. The Morgan fingerprint density at radius 1 is 1.37 bits per heavy atom. The second kappa shape index (κ2) is 7.96. The fourth-order valence-corrected chi connectivity index (χ4v) is 3.71. The lowest BCUT2D eigenvalue weighted by Crippen LogP contribution is -2.16. The molecule has 1 aromatic heterocycles. The van der Waals surface area contributed by atoms with Gasteiger partial charge in [0.2, 0.25) is 0 Å². The standard InChI is InChI=1S/C19H17N3O4S/c1-3-11-21-17-15(26-4-2)9-6-10-16(17)27-19(21)20-18(23)13-7-5-8-14(12-13)22(24)25/h3,5-10,12H,1,4,11H2,2H3. The minimum atomic E-state index is -0.541. The lowest BCUT2D eigenvalue weighted by atomic mass is 10.2. The number of allylic oxidation sites excluding steroid dienone is 1. The molecule has 0 radical (unpaired) electrons. The number of nitro groups is 1. The number of hydrogen-bond acceptors (Lipinski definition) is 5. The van der Waals surface area contributed by atoms with Gasteiger partial charge in [-0.05, 0) is 25.1 Å². The number of thiazole rings is 1. The molecule has 0 bridgehead atoms. The minimum Gasteiger partial charge on any atom is -0.492 e. The number of carbonyl (C=O) groups is 1. The van der Waals surface area contributed by atoms with Crippen LogP contribution >= 0.6 is 11.3 Å². The highest BCUT2D eigenvalue weighted by molar-refractivity contribution is 7.16. The summed E-state index contributed by atoms with van der Waals surface area (Å²) in [6.07, 6.45) is 1.71. The Bertz CT molecular complexity index is 1100. The topological polar surface area (TPSA) is 86.7 Å². The number of benzene rings is 2. The fourth-order valence-electron chi connectivity index (χ4n) is 2.66. The third-order valence-corrected chi connectivity index (χ3v) is 4.82. The predicted molar refractivity (Wildman–Crippen MR) is 104 cm³/mol. The molecule has 0 atom stereocenters. The van der Waals surface area contributed by atoms with Crippen molar-refractivity contribution in [2.24, 2.45) is 4.99 Å². The van der Waals surface area contributed by atoms with E-state index in [4.69, 9.17) is 4.74 Å². The van der Waals surface area contributed by atoms with Gasteiger partial charge >= 0.3 is 0 Å². The first kappa shape index (κ1) is 18.5. The molecule has 27 heavy (non-hydrogen) atoms. The number of carbonyl (C=O) groups excluding carboxylic acids is 1. The van der Waals surface area contributed by atoms with Crippen LogP contribution in [0.15, 0.2) is 60.1 Å². The van der Waals surface area contributed by atoms with E-state index in [0.717, 1.165) is 10.2 Å². The molecule has 7 nitrogen and oxygen atoms in total. The van der Waals surface area contributed by atoms with Gasteiger partial charge < -0.3 is 9.30 Å². The van der Waals surface area contributed by atoms with E-state index in [1.54, 1.807) is 6.08 Å². The zero-order chi connectivity index (χ0) is 19.4. The summed E-state index contributed by atoms with van der Waals surface area (Å²) in [5.41, 5.74) is 0.858. The van der Waals surface area contributed by atoms with Crippen molar-refractivity contribution in [3.63, 3.8) is 0 Å². The van der Waals surface area contributed by atoms with Crippen LogP contribution in [-0.2, 0) is 6.54 Å². The van der Waals surface area contributed by atoms with Crippen LogP contribution < -0.4 is 9.54 Å². The van der Waals surface area contributed by atoms with Crippen molar-refractivity contribution < 1.29 is 14.5 Å². The molecule has 1 amide bonds. The van der Waals surface area contributed by atoms with Gasteiger partial charge in [-0.2, -0.15) is 4.99 Å². The van der Waals surface area contributed by atoms with Crippen molar-refractivity contribution in [1.82, 2.24) is 4.57 Å². The average Bonchev–Trinajstić information content (AvgIpc) is 3.00. The first-order valence-corrected chi connectivity index (χ1v) is 9.06. The highest BCUT2D eigenvalue weighted by atomic mass is 32.1. The number of hydrogen-bond donors (Lipinski definition) is 0. The third kappa shape index (κ3) is 3.80. The molecular formula is C19H17N3O4S. The second-order valence-electron chi connectivity index (χ2n) is 5.54. The number of fused-ring (bicyclic) bond motifs is 1. The smallest absolute Gasteiger partial charge is 0.279 e. The number of para-hydroxylation sites is 1. The summed E-state index contributed by atoms with van der Waals surface area (Å²) in [6, 6.07) is 11.2. The zero-order valence-corrected chi connectivity index (χ0v) is 15.4. The predicted octanol–water partition coefficient (Wildman–Crippen LogP) is 3.94. The van der Waals surface area contributed by atoms with Gasteiger partial charge in [-0.25, -0.2) is 0 Å². The number of non-ortho nitro benzene ring substituents is 1. The van der Waals surface area contributed by atoms with E-state index in [-0.39, 0.29) is 11.3 Å². The number of nitrogens with zero attached hydrogens (tertiary/aromatic N) is 3. The average molecular weight is 383 g/mol. The Kier molecular flexibility index (Phi) is 5.46. The molecule has 1 heterocycles. The van der Waals surface area contributed by atoms with E-state index in [1.165, 1.54) is 35.6 Å². The van der Waals surface area contributed by atoms with Crippen molar-refractivity contribution >= 4 is 33.1 Å². The van der Waals surface area contributed by atoms with Gasteiger partial charge in [0.1, 0.15) is 11.3 Å². The summed E-state index contributed by atoms with van der Waals surface area (Å²) >= 11 is 1.35. The molecule has 138 valence electrons. The molecule has 0 spiro atoms. The highest BCUT2D eigenvalue weighted by Crippen LogP contribution is 2.27. The van der Waals surface area contributed by atoms with E-state index < -0.39 is 10.8 Å². The summed E-state index contributed by atoms with van der Waals surface area (Å²) in [7, 11) is 0. The largest absolute Gasteiger partial charge is 0.492 e. The molecule has 2 aromatic carbocycles. The summed E-state index contributed by atoms with van der Waals surface area (Å²) in [4.78, 5) is 27.7. The van der Waals surface area contributed by atoms with Gasteiger partial charge in [0, 0.05) is 24.2 Å². The normalized spacial score (nSPS) is 11.5. The zero-order valence-electron chi connectivity index (χ0n) is 14.6. The fraction of sp³-hybridized carbons (Fsp3) is 0.158. The first-order valence-electron chi connectivity index (χ1n) is 8.24. The lowest BCUT2D eigenvalue weighted by Gasteiger charge is -2.07. The summed E-state index contributed by atoms with van der Waals surface area (Å²) in [5.74, 6) is 0.165. The van der Waals surface area contributed by atoms with Gasteiger partial charge in [-0.3, -0.25) is 14.9 Å². The number of aromatic nitrogens is 1. The van der Waals surface area contributed by atoms with Crippen LogP contribution in [0, 0.1) is 10.1 Å². The molecule has 0 saturated heterocycles. The van der Waals surface area contributed by atoms with Gasteiger partial charge in [0.25, 0.3) is 11.6 Å². The van der Waals surface area contributed by atoms with Crippen LogP contribution in [0.3, 0.4) is 0 Å². The van der Waals surface area contributed by atoms with Crippen LogP contribution in [0.4, 0.5) is 5.69 Å². The van der Waals surface area contributed by atoms with Crippen molar-refractivity contribution in [2.45, 2.75) is 13.5 Å². The number of rotatable bonds is 6. The first-order chi connectivity index (χ1) is 13.0. The van der Waals surface area contributed by atoms with E-state index in [9.17, 15) is 14.9 Å². The summed E-state index contributed by atoms with van der Waals surface area (Å²) in [6.45, 7) is 6.64. The Labute approximate surface area is 159 Å². The van der Waals surface area contributed by atoms with Gasteiger partial charge in [0.05, 0.1) is 16.2 Å². The molecule has 0 fully saturated rings. The van der Waals surface area contributed by atoms with Gasteiger partial charge in [0.15, 0.2) is 4.80 Å². The van der Waals surface area contributed by atoms with Crippen molar-refractivity contribution in [3.8, 4) is 5.75 Å². The van der Waals surface area contributed by atoms with Gasteiger partial charge in [-0.15, -0.1) is 6.58 Å². The second-order valence-corrected chi connectivity index (χ2v) is 6.55. The Morgan fingerprint density at radius 2 is 2.15 bits per heavy atom. The van der Waals surface area contributed by atoms with Crippen LogP contribution in [0.1, 0.15) is 17.3 Å². The molecule has 0 unspecified atom stereocenters. The van der Waals surface area contributed by atoms with E-state index in [2.05, 4.69) is 11.6 Å². The van der Waals surface area contributed by atoms with Crippen molar-refractivity contribution in [3.05, 3.63) is 75.6 Å². The Hall–Kier alpha value is -3.26. The molecule has 3 aromatic rings. The molecule has 8 heteroatoms. The molecular weight excluding hydrogens is 366 g/mol. The van der Waals surface area contributed by atoms with Crippen LogP contribution in [-0.4, -0.2) is 22.0 Å². The maximum atomic E-state index is 12.6. The highest BCUT2D eigenvalue weighted by Gasteiger charge is 2.14. The molecule has 0 aliphatic carbocycles. The third-order valence-electron chi connectivity index (χ3n) is 3.78. The Balaban J connectivity index is 2.15. The number of ether oxygens (including phenoxy) is 1. The van der Waals surface area contributed by atoms with Crippen molar-refractivity contribution in [1.29, 1.82) is 0 Å². The molecule has 0 aliphatic heterocycles. The summed E-state index contributed by atoms with van der Waals surface area (Å²) < 4.78 is 8.48. The molecule has 0 aliphatic rings. The summed E-state index contributed by atoms with van der Waals surface area (Å²) in [5, 5.41) is 10.9. The van der Waals surface area contributed by atoms with Crippen LogP contribution in [0.5, 0.6) is 5.75 Å². The molecule has 3 rings (SSSR count). The monoisotopic (exact) mass is 383 g/mol. The maximum absolute atomic E-state index is 12.6. The van der Waals surface area contributed by atoms with E-state index in [0.29, 0.717) is 23.7 Å². The molecule has 0 saturated carbocycles. The lowest BCUT2D eigenvalue weighted by molar-refractivity contribution is -0.384. The van der Waals surface area contributed by atoms with Gasteiger partial charge in [-0.1, -0.05) is 29.5 Å². The van der Waals surface area contributed by atoms with Crippen molar-refractivity contribution in [2.75, 3.05) is 6.61 Å². The van der Waals surface area contributed by atoms with E-state index in [1.807, 2.05) is 29.7 Å². The van der Waals surface area contributed by atoms with Crippen LogP contribution in [0.2, 0.25) is 0 Å². The minimum absolute atomic E-state index is 0.148.